The molecule has 0 spiro atoms. The van der Waals surface area contributed by atoms with Gasteiger partial charge in [-0.1, -0.05) is 19.0 Å². The summed E-state index contributed by atoms with van der Waals surface area (Å²) < 4.78 is 11.6. The van der Waals surface area contributed by atoms with E-state index in [0.717, 1.165) is 66.2 Å². The van der Waals surface area contributed by atoms with Crippen molar-refractivity contribution in [2.45, 2.75) is 52.9 Å². The second-order valence-electron chi connectivity index (χ2n) is 8.30. The first-order valence-electron chi connectivity index (χ1n) is 11.7. The zero-order valence-electron chi connectivity index (χ0n) is 19.4. The van der Waals surface area contributed by atoms with Crippen LogP contribution in [0.2, 0.25) is 0 Å². The highest BCUT2D eigenvalue weighted by Gasteiger charge is 2.19. The Morgan fingerprint density at radius 1 is 1.06 bits per heavy atom. The Hall–Kier alpha value is -2.93. The second-order valence-corrected chi connectivity index (χ2v) is 8.30. The van der Waals surface area contributed by atoms with E-state index in [-0.39, 0.29) is 0 Å². The van der Waals surface area contributed by atoms with Gasteiger partial charge in [-0.15, -0.1) is 0 Å². The van der Waals surface area contributed by atoms with Gasteiger partial charge in [-0.2, -0.15) is 4.98 Å². The Morgan fingerprint density at radius 2 is 1.81 bits per heavy atom. The van der Waals surface area contributed by atoms with Gasteiger partial charge >= 0.3 is 0 Å². The molecule has 4 rings (SSSR count). The van der Waals surface area contributed by atoms with E-state index in [1.165, 1.54) is 18.4 Å². The summed E-state index contributed by atoms with van der Waals surface area (Å²) in [6.45, 7) is 9.73. The fourth-order valence-electron chi connectivity index (χ4n) is 4.25. The number of hydrogen-bond acceptors (Lipinski definition) is 7. The molecular formula is C25H33N5O2. The van der Waals surface area contributed by atoms with E-state index in [9.17, 15) is 0 Å². The largest absolute Gasteiger partial charge is 0.493 e. The Balaban J connectivity index is 1.60. The molecule has 1 aliphatic rings. The molecule has 7 heteroatoms. The molecule has 0 aliphatic carbocycles. The van der Waals surface area contributed by atoms with Crippen LogP contribution >= 0.6 is 0 Å². The fourth-order valence-corrected chi connectivity index (χ4v) is 4.25. The summed E-state index contributed by atoms with van der Waals surface area (Å²) in [5.41, 5.74) is 10.8. The minimum absolute atomic E-state index is 0.495. The van der Waals surface area contributed by atoms with Crippen LogP contribution in [0.25, 0.3) is 22.8 Å². The molecule has 2 N–H and O–H groups in total. The van der Waals surface area contributed by atoms with E-state index in [2.05, 4.69) is 54.0 Å². The van der Waals surface area contributed by atoms with Crippen molar-refractivity contribution in [2.24, 2.45) is 5.73 Å². The minimum Gasteiger partial charge on any atom is -0.493 e. The van der Waals surface area contributed by atoms with Gasteiger partial charge in [0.15, 0.2) is 0 Å². The summed E-state index contributed by atoms with van der Waals surface area (Å²) >= 11 is 0. The first kappa shape index (κ1) is 22.3. The van der Waals surface area contributed by atoms with E-state index in [0.29, 0.717) is 24.9 Å². The van der Waals surface area contributed by atoms with Crippen LogP contribution in [0.5, 0.6) is 5.75 Å². The molecular weight excluding hydrogens is 402 g/mol. The number of nitrogens with zero attached hydrogens (tertiary/aromatic N) is 4. The lowest BCUT2D eigenvalue weighted by Gasteiger charge is -2.19. The molecule has 0 amide bonds. The average molecular weight is 436 g/mol. The highest BCUT2D eigenvalue weighted by atomic mass is 16.5. The van der Waals surface area contributed by atoms with Gasteiger partial charge in [-0.25, -0.2) is 4.98 Å². The van der Waals surface area contributed by atoms with Gasteiger partial charge in [0.2, 0.25) is 5.82 Å². The van der Waals surface area contributed by atoms with Gasteiger partial charge in [-0.3, -0.25) is 0 Å². The fraction of sp³-hybridized carbons (Fsp3) is 0.480. The van der Waals surface area contributed by atoms with Gasteiger partial charge in [0.05, 0.1) is 12.2 Å². The van der Waals surface area contributed by atoms with Crippen LogP contribution in [0.3, 0.4) is 0 Å². The Morgan fingerprint density at radius 3 is 2.53 bits per heavy atom. The first-order chi connectivity index (χ1) is 15.6. The molecule has 2 aromatic heterocycles. The number of ether oxygens (including phenoxy) is 1. The number of nitrogens with two attached hydrogens (primary N) is 1. The number of rotatable bonds is 9. The lowest BCUT2D eigenvalue weighted by atomic mass is 10.0. The molecule has 0 saturated carbocycles. The number of pyridine rings is 1. The van der Waals surface area contributed by atoms with Gasteiger partial charge in [-0.05, 0) is 80.5 Å². The van der Waals surface area contributed by atoms with Crippen molar-refractivity contribution in [1.29, 1.82) is 0 Å². The van der Waals surface area contributed by atoms with Gasteiger partial charge in [0.1, 0.15) is 11.6 Å². The third kappa shape index (κ3) is 4.63. The molecule has 170 valence electrons. The van der Waals surface area contributed by atoms with Gasteiger partial charge in [0.25, 0.3) is 5.89 Å². The molecule has 3 heterocycles. The van der Waals surface area contributed by atoms with Gasteiger partial charge < -0.3 is 19.9 Å². The van der Waals surface area contributed by atoms with Crippen LogP contribution in [-0.2, 0) is 12.8 Å². The van der Waals surface area contributed by atoms with Crippen molar-refractivity contribution >= 4 is 5.82 Å². The van der Waals surface area contributed by atoms with E-state index in [4.69, 9.17) is 20.0 Å². The monoisotopic (exact) mass is 435 g/mol. The summed E-state index contributed by atoms with van der Waals surface area (Å²) in [4.78, 5) is 11.8. The van der Waals surface area contributed by atoms with Crippen LogP contribution in [0.1, 0.15) is 49.8 Å². The van der Waals surface area contributed by atoms with E-state index >= 15 is 0 Å². The number of aryl methyl sites for hydroxylation is 3. The summed E-state index contributed by atoms with van der Waals surface area (Å²) in [7, 11) is 0. The number of aromatic nitrogens is 3. The molecule has 1 saturated heterocycles. The minimum atomic E-state index is 0.495. The molecule has 1 aliphatic heterocycles. The quantitative estimate of drug-likeness (QED) is 0.493. The topological polar surface area (TPSA) is 90.3 Å². The van der Waals surface area contributed by atoms with Gasteiger partial charge in [0, 0.05) is 24.8 Å². The van der Waals surface area contributed by atoms with E-state index < -0.39 is 0 Å². The average Bonchev–Trinajstić information content (AvgIpc) is 3.52. The van der Waals surface area contributed by atoms with Crippen LogP contribution in [0, 0.1) is 6.92 Å². The van der Waals surface area contributed by atoms with Crippen LogP contribution in [0.4, 0.5) is 5.82 Å². The molecule has 3 aromatic rings. The van der Waals surface area contributed by atoms with E-state index in [1.54, 1.807) is 0 Å². The maximum absolute atomic E-state index is 5.99. The molecule has 1 aromatic carbocycles. The molecule has 0 unspecified atom stereocenters. The number of hydrogen-bond donors (Lipinski definition) is 1. The first-order valence-corrected chi connectivity index (χ1v) is 11.7. The second kappa shape index (κ2) is 10.1. The van der Waals surface area contributed by atoms with Crippen molar-refractivity contribution < 1.29 is 9.26 Å². The van der Waals surface area contributed by atoms with Crippen molar-refractivity contribution in [3.63, 3.8) is 0 Å². The maximum atomic E-state index is 5.99. The SMILES string of the molecule is CCc1cc(-c2nc(-c3cc(C)c(OCCCN)c(CC)c3)no2)cnc1N1CCCC1. The predicted octanol–water partition coefficient (Wildman–Crippen LogP) is 4.56. The summed E-state index contributed by atoms with van der Waals surface area (Å²) in [5, 5.41) is 4.26. The number of benzene rings is 1. The molecule has 1 fully saturated rings. The van der Waals surface area contributed by atoms with Crippen molar-refractivity contribution in [3.05, 3.63) is 41.1 Å². The predicted molar refractivity (Wildman–Crippen MR) is 127 cm³/mol. The normalized spacial score (nSPS) is 13.7. The summed E-state index contributed by atoms with van der Waals surface area (Å²) in [6, 6.07) is 6.28. The third-order valence-corrected chi connectivity index (χ3v) is 5.99. The summed E-state index contributed by atoms with van der Waals surface area (Å²) in [6.07, 6.45) is 6.92. The van der Waals surface area contributed by atoms with Crippen LogP contribution in [-0.4, -0.2) is 41.4 Å². The molecule has 0 atom stereocenters. The van der Waals surface area contributed by atoms with Crippen LogP contribution < -0.4 is 15.4 Å². The van der Waals surface area contributed by atoms with Crippen molar-refractivity contribution in [2.75, 3.05) is 31.1 Å². The van der Waals surface area contributed by atoms with Crippen molar-refractivity contribution in [3.8, 4) is 28.6 Å². The zero-order valence-corrected chi connectivity index (χ0v) is 19.4. The lowest BCUT2D eigenvalue weighted by Crippen LogP contribution is -2.20. The Labute approximate surface area is 190 Å². The standard InChI is InChI=1S/C25H33N5O2/c1-4-18-14-20(13-17(3)22(18)31-12-8-9-26)23-28-25(32-29-23)21-15-19(5-2)24(27-16-21)30-10-6-7-11-30/h13-16H,4-12,26H2,1-3H3. The zero-order chi connectivity index (χ0) is 22.5. The van der Waals surface area contributed by atoms with Crippen LogP contribution in [0.15, 0.2) is 28.9 Å². The third-order valence-electron chi connectivity index (χ3n) is 5.99. The Kier molecular flexibility index (Phi) is 7.05. The molecule has 7 nitrogen and oxygen atoms in total. The Bertz CT molecular complexity index is 1060. The van der Waals surface area contributed by atoms with E-state index in [1.807, 2.05) is 6.20 Å². The summed E-state index contributed by atoms with van der Waals surface area (Å²) in [5.74, 6) is 3.09. The highest BCUT2D eigenvalue weighted by molar-refractivity contribution is 5.65. The lowest BCUT2D eigenvalue weighted by molar-refractivity contribution is 0.308. The number of anilines is 1. The highest BCUT2D eigenvalue weighted by Crippen LogP contribution is 2.32. The molecule has 32 heavy (non-hydrogen) atoms. The van der Waals surface area contributed by atoms with Crippen molar-refractivity contribution in [1.82, 2.24) is 15.1 Å². The smallest absolute Gasteiger partial charge is 0.259 e. The molecule has 0 radical (unpaired) electrons. The molecule has 0 bridgehead atoms. The maximum Gasteiger partial charge on any atom is 0.259 e.